The van der Waals surface area contributed by atoms with Crippen LogP contribution < -0.4 is 0 Å². The zero-order valence-electron chi connectivity index (χ0n) is 9.58. The van der Waals surface area contributed by atoms with Gasteiger partial charge >= 0.3 is 5.97 Å². The molecule has 0 spiro atoms. The smallest absolute Gasteiger partial charge is 0.303 e. The van der Waals surface area contributed by atoms with Crippen LogP contribution in [0.3, 0.4) is 0 Å². The summed E-state index contributed by atoms with van der Waals surface area (Å²) in [5.74, 6) is -1.14. The Kier molecular flexibility index (Phi) is 3.66. The van der Waals surface area contributed by atoms with Crippen molar-refractivity contribution in [1.82, 2.24) is 15.0 Å². The Labute approximate surface area is 103 Å². The Morgan fingerprint density at radius 3 is 2.72 bits per heavy atom. The molecule has 1 N–H and O–H groups in total. The van der Waals surface area contributed by atoms with Crippen LogP contribution in [0.4, 0.5) is 4.39 Å². The first kappa shape index (κ1) is 12.2. The second kappa shape index (κ2) is 5.39. The lowest BCUT2D eigenvalue weighted by atomic mass is 10.1. The van der Waals surface area contributed by atoms with Gasteiger partial charge in [-0.2, -0.15) is 0 Å². The second-order valence-electron chi connectivity index (χ2n) is 3.85. The van der Waals surface area contributed by atoms with Crippen molar-refractivity contribution in [1.29, 1.82) is 0 Å². The molecule has 1 heterocycles. The molecule has 0 aliphatic heterocycles. The van der Waals surface area contributed by atoms with E-state index in [9.17, 15) is 9.18 Å². The van der Waals surface area contributed by atoms with Gasteiger partial charge in [-0.3, -0.25) is 4.79 Å². The zero-order chi connectivity index (χ0) is 13.0. The van der Waals surface area contributed by atoms with Crippen molar-refractivity contribution in [3.8, 4) is 11.3 Å². The van der Waals surface area contributed by atoms with Crippen LogP contribution in [0.15, 0.2) is 30.5 Å². The molecule has 5 nitrogen and oxygen atoms in total. The summed E-state index contributed by atoms with van der Waals surface area (Å²) in [5.41, 5.74) is 1.55. The van der Waals surface area contributed by atoms with Gasteiger partial charge in [0, 0.05) is 18.5 Å². The SMILES string of the molecule is O=C(O)CCCn1nncc1-c1ccc(F)cc1. The Balaban J connectivity index is 2.12. The van der Waals surface area contributed by atoms with Crippen molar-refractivity contribution < 1.29 is 14.3 Å². The molecule has 0 amide bonds. The third-order valence-corrected chi connectivity index (χ3v) is 2.52. The molecular formula is C12H12FN3O2. The number of carbonyl (C=O) groups is 1. The fourth-order valence-electron chi connectivity index (χ4n) is 1.65. The highest BCUT2D eigenvalue weighted by Crippen LogP contribution is 2.18. The summed E-state index contributed by atoms with van der Waals surface area (Å²) in [7, 11) is 0. The van der Waals surface area contributed by atoms with E-state index in [1.54, 1.807) is 23.0 Å². The van der Waals surface area contributed by atoms with Gasteiger partial charge in [0.1, 0.15) is 5.82 Å². The molecule has 0 radical (unpaired) electrons. The number of nitrogens with zero attached hydrogens (tertiary/aromatic N) is 3. The first-order valence-corrected chi connectivity index (χ1v) is 5.53. The quantitative estimate of drug-likeness (QED) is 0.879. The van der Waals surface area contributed by atoms with Crippen molar-refractivity contribution in [2.45, 2.75) is 19.4 Å². The molecule has 0 bridgehead atoms. The van der Waals surface area contributed by atoms with Crippen molar-refractivity contribution in [3.63, 3.8) is 0 Å². The van der Waals surface area contributed by atoms with E-state index in [-0.39, 0.29) is 12.2 Å². The van der Waals surface area contributed by atoms with Gasteiger partial charge in [-0.05, 0) is 30.7 Å². The van der Waals surface area contributed by atoms with Gasteiger partial charge in [0.15, 0.2) is 0 Å². The maximum Gasteiger partial charge on any atom is 0.303 e. The standard InChI is InChI=1S/C12H12FN3O2/c13-10-5-3-9(4-6-10)11-8-14-15-16(11)7-1-2-12(17)18/h3-6,8H,1-2,7H2,(H,17,18). The van der Waals surface area contributed by atoms with E-state index in [0.717, 1.165) is 11.3 Å². The van der Waals surface area contributed by atoms with Gasteiger partial charge in [0.05, 0.1) is 11.9 Å². The number of hydrogen-bond acceptors (Lipinski definition) is 3. The molecule has 0 fully saturated rings. The first-order valence-electron chi connectivity index (χ1n) is 5.53. The first-order chi connectivity index (χ1) is 8.66. The fraction of sp³-hybridized carbons (Fsp3) is 0.250. The summed E-state index contributed by atoms with van der Waals surface area (Å²) in [6.45, 7) is 0.471. The molecule has 0 aliphatic carbocycles. The van der Waals surface area contributed by atoms with Gasteiger partial charge in [-0.1, -0.05) is 5.21 Å². The lowest BCUT2D eigenvalue weighted by molar-refractivity contribution is -0.137. The maximum absolute atomic E-state index is 12.8. The molecule has 2 aromatic rings. The van der Waals surface area contributed by atoms with Crippen LogP contribution in [0.2, 0.25) is 0 Å². The summed E-state index contributed by atoms with van der Waals surface area (Å²) in [4.78, 5) is 10.4. The van der Waals surface area contributed by atoms with Crippen LogP contribution >= 0.6 is 0 Å². The average molecular weight is 249 g/mol. The van der Waals surface area contributed by atoms with E-state index in [1.807, 2.05) is 0 Å². The number of aromatic nitrogens is 3. The van der Waals surface area contributed by atoms with Gasteiger partial charge in [0.2, 0.25) is 0 Å². The molecule has 2 rings (SSSR count). The number of benzene rings is 1. The molecule has 1 aromatic heterocycles. The molecule has 0 saturated carbocycles. The molecular weight excluding hydrogens is 237 g/mol. The molecule has 6 heteroatoms. The number of rotatable bonds is 5. The fourth-order valence-corrected chi connectivity index (χ4v) is 1.65. The van der Waals surface area contributed by atoms with E-state index in [1.165, 1.54) is 12.1 Å². The highest BCUT2D eigenvalue weighted by atomic mass is 19.1. The molecule has 0 unspecified atom stereocenters. The number of hydrogen-bond donors (Lipinski definition) is 1. The van der Waals surface area contributed by atoms with E-state index in [2.05, 4.69) is 10.3 Å². The number of aliphatic carboxylic acids is 1. The molecule has 0 saturated heterocycles. The Morgan fingerprint density at radius 1 is 1.33 bits per heavy atom. The van der Waals surface area contributed by atoms with Crippen molar-refractivity contribution in [2.24, 2.45) is 0 Å². The lowest BCUT2D eigenvalue weighted by Gasteiger charge is -2.05. The minimum absolute atomic E-state index is 0.0860. The number of carboxylic acids is 1. The third kappa shape index (κ3) is 2.91. The molecule has 18 heavy (non-hydrogen) atoms. The highest BCUT2D eigenvalue weighted by Gasteiger charge is 2.07. The van der Waals surface area contributed by atoms with E-state index in [4.69, 9.17) is 5.11 Å². The lowest BCUT2D eigenvalue weighted by Crippen LogP contribution is -2.05. The van der Waals surface area contributed by atoms with E-state index >= 15 is 0 Å². The van der Waals surface area contributed by atoms with Gasteiger partial charge in [0.25, 0.3) is 0 Å². The van der Waals surface area contributed by atoms with Crippen molar-refractivity contribution >= 4 is 5.97 Å². The normalized spacial score (nSPS) is 10.5. The summed E-state index contributed by atoms with van der Waals surface area (Å²) in [5, 5.41) is 16.3. The van der Waals surface area contributed by atoms with Crippen LogP contribution in [0.1, 0.15) is 12.8 Å². The number of carboxylic acid groups (broad SMARTS) is 1. The van der Waals surface area contributed by atoms with Crippen LogP contribution in [-0.2, 0) is 11.3 Å². The largest absolute Gasteiger partial charge is 0.481 e. The van der Waals surface area contributed by atoms with Gasteiger partial charge in [-0.25, -0.2) is 9.07 Å². The number of aryl methyl sites for hydroxylation is 1. The van der Waals surface area contributed by atoms with Crippen LogP contribution in [0.25, 0.3) is 11.3 Å². The second-order valence-corrected chi connectivity index (χ2v) is 3.85. The highest BCUT2D eigenvalue weighted by molar-refractivity contribution is 5.66. The van der Waals surface area contributed by atoms with E-state index < -0.39 is 5.97 Å². The van der Waals surface area contributed by atoms with Gasteiger partial charge < -0.3 is 5.11 Å². The summed E-state index contributed by atoms with van der Waals surface area (Å²) in [6, 6.07) is 6.01. The summed E-state index contributed by atoms with van der Waals surface area (Å²) in [6.07, 6.45) is 2.14. The monoisotopic (exact) mass is 249 g/mol. The van der Waals surface area contributed by atoms with Crippen molar-refractivity contribution in [2.75, 3.05) is 0 Å². The van der Waals surface area contributed by atoms with Gasteiger partial charge in [-0.15, -0.1) is 5.10 Å². The van der Waals surface area contributed by atoms with Crippen LogP contribution in [0, 0.1) is 5.82 Å². The van der Waals surface area contributed by atoms with E-state index in [0.29, 0.717) is 13.0 Å². The third-order valence-electron chi connectivity index (χ3n) is 2.52. The predicted octanol–water partition coefficient (Wildman–Crippen LogP) is 1.95. The molecule has 0 aliphatic rings. The predicted molar refractivity (Wildman–Crippen MR) is 62.3 cm³/mol. The van der Waals surface area contributed by atoms with Crippen LogP contribution in [-0.4, -0.2) is 26.1 Å². The Hall–Kier alpha value is -2.24. The summed E-state index contributed by atoms with van der Waals surface area (Å²) >= 11 is 0. The average Bonchev–Trinajstić information content (AvgIpc) is 2.78. The Bertz CT molecular complexity index is 537. The van der Waals surface area contributed by atoms with Crippen LogP contribution in [0.5, 0.6) is 0 Å². The maximum atomic E-state index is 12.8. The zero-order valence-corrected chi connectivity index (χ0v) is 9.58. The minimum atomic E-state index is -0.835. The molecule has 94 valence electrons. The molecule has 1 aromatic carbocycles. The Morgan fingerprint density at radius 2 is 2.06 bits per heavy atom. The topological polar surface area (TPSA) is 68.0 Å². The van der Waals surface area contributed by atoms with Crippen molar-refractivity contribution in [3.05, 3.63) is 36.3 Å². The molecule has 0 atom stereocenters. The number of halogens is 1. The summed E-state index contributed by atoms with van der Waals surface area (Å²) < 4.78 is 14.4. The minimum Gasteiger partial charge on any atom is -0.481 e.